The maximum atomic E-state index is 11.3. The van der Waals surface area contributed by atoms with E-state index in [0.29, 0.717) is 5.41 Å². The van der Waals surface area contributed by atoms with Crippen LogP contribution >= 0.6 is 0 Å². The molecule has 0 bridgehead atoms. The molecule has 0 atom stereocenters. The molecule has 2 aliphatic rings. The Bertz CT molecular complexity index is 320. The van der Waals surface area contributed by atoms with E-state index in [1.165, 1.54) is 19.1 Å². The molecule has 1 aliphatic heterocycles. The summed E-state index contributed by atoms with van der Waals surface area (Å²) in [5, 5.41) is -0.0364. The molecule has 0 radical (unpaired) electrons. The van der Waals surface area contributed by atoms with Crippen LogP contribution in [0, 0.1) is 5.41 Å². The van der Waals surface area contributed by atoms with E-state index < -0.39 is 9.84 Å². The van der Waals surface area contributed by atoms with Gasteiger partial charge in [-0.1, -0.05) is 6.92 Å². The maximum Gasteiger partial charge on any atom is 0.150 e. The van der Waals surface area contributed by atoms with Gasteiger partial charge in [0, 0.05) is 6.26 Å². The topological polar surface area (TPSA) is 37.4 Å². The van der Waals surface area contributed by atoms with Gasteiger partial charge < -0.3 is 4.90 Å². The summed E-state index contributed by atoms with van der Waals surface area (Å²) in [7, 11) is -2.77. The van der Waals surface area contributed by atoms with Gasteiger partial charge >= 0.3 is 0 Å². The van der Waals surface area contributed by atoms with E-state index in [0.717, 1.165) is 32.5 Å². The highest BCUT2D eigenvalue weighted by Gasteiger charge is 2.49. The van der Waals surface area contributed by atoms with Crippen molar-refractivity contribution in [2.24, 2.45) is 5.41 Å². The molecule has 0 aromatic carbocycles. The number of hydrogen-bond acceptors (Lipinski definition) is 3. The van der Waals surface area contributed by atoms with E-state index in [1.54, 1.807) is 0 Å². The molecule has 88 valence electrons. The number of nitrogens with zero attached hydrogens (tertiary/aromatic N) is 1. The Balaban J connectivity index is 1.88. The first-order valence-corrected chi connectivity index (χ1v) is 7.82. The van der Waals surface area contributed by atoms with E-state index in [-0.39, 0.29) is 5.25 Å². The molecular formula is C11H21NO2S. The van der Waals surface area contributed by atoms with Gasteiger partial charge in [0.15, 0.2) is 0 Å². The minimum Gasteiger partial charge on any atom is -0.304 e. The van der Waals surface area contributed by atoms with Crippen LogP contribution in [0.15, 0.2) is 0 Å². The van der Waals surface area contributed by atoms with Crippen LogP contribution in [0.3, 0.4) is 0 Å². The maximum absolute atomic E-state index is 11.3. The molecular weight excluding hydrogens is 210 g/mol. The minimum absolute atomic E-state index is 0.0364. The average molecular weight is 231 g/mol. The molecule has 0 unspecified atom stereocenters. The fourth-order valence-electron chi connectivity index (χ4n) is 2.96. The van der Waals surface area contributed by atoms with Crippen LogP contribution in [0.1, 0.15) is 32.6 Å². The molecule has 0 N–H and O–H groups in total. The van der Waals surface area contributed by atoms with Crippen LogP contribution in [0.2, 0.25) is 0 Å². The summed E-state index contributed by atoms with van der Waals surface area (Å²) in [4.78, 5) is 2.46. The predicted molar refractivity (Wildman–Crippen MR) is 61.6 cm³/mol. The molecule has 3 nitrogen and oxygen atoms in total. The van der Waals surface area contributed by atoms with Crippen molar-refractivity contribution in [2.75, 3.05) is 25.9 Å². The molecule has 1 heterocycles. The summed E-state index contributed by atoms with van der Waals surface area (Å²) in [5.74, 6) is 0. The Morgan fingerprint density at radius 1 is 1.27 bits per heavy atom. The minimum atomic E-state index is -2.77. The molecule has 0 amide bonds. The molecule has 2 fully saturated rings. The van der Waals surface area contributed by atoms with E-state index >= 15 is 0 Å². The highest BCUT2D eigenvalue weighted by Crippen LogP contribution is 2.51. The van der Waals surface area contributed by atoms with E-state index in [1.807, 2.05) is 0 Å². The van der Waals surface area contributed by atoms with Gasteiger partial charge in [-0.05, 0) is 50.7 Å². The first-order chi connectivity index (χ1) is 6.95. The summed E-state index contributed by atoms with van der Waals surface area (Å²) in [6.45, 7) is 5.64. The van der Waals surface area contributed by atoms with Gasteiger partial charge in [0.05, 0.1) is 5.25 Å². The zero-order chi connectivity index (χ0) is 11.1. The van der Waals surface area contributed by atoms with Crippen LogP contribution in [0.4, 0.5) is 0 Å². The Morgan fingerprint density at radius 2 is 1.80 bits per heavy atom. The van der Waals surface area contributed by atoms with Crippen molar-refractivity contribution < 1.29 is 8.42 Å². The molecule has 0 aromatic heterocycles. The smallest absolute Gasteiger partial charge is 0.150 e. The SMILES string of the molecule is CCN1CCC2(CC1)CC(S(C)(=O)=O)C2. The summed E-state index contributed by atoms with van der Waals surface area (Å²) in [5.41, 5.74) is 0.388. The quantitative estimate of drug-likeness (QED) is 0.719. The van der Waals surface area contributed by atoms with Crippen molar-refractivity contribution in [3.05, 3.63) is 0 Å². The molecule has 2 rings (SSSR count). The van der Waals surface area contributed by atoms with Gasteiger partial charge in [-0.3, -0.25) is 0 Å². The lowest BCUT2D eigenvalue weighted by molar-refractivity contribution is 0.0387. The van der Waals surface area contributed by atoms with E-state index in [9.17, 15) is 8.42 Å². The van der Waals surface area contributed by atoms with Crippen molar-refractivity contribution in [1.29, 1.82) is 0 Å². The normalized spacial score (nSPS) is 27.9. The van der Waals surface area contributed by atoms with Gasteiger partial charge in [0.1, 0.15) is 9.84 Å². The Morgan fingerprint density at radius 3 is 2.20 bits per heavy atom. The molecule has 4 heteroatoms. The zero-order valence-corrected chi connectivity index (χ0v) is 10.5. The second kappa shape index (κ2) is 3.74. The van der Waals surface area contributed by atoms with Crippen molar-refractivity contribution >= 4 is 9.84 Å². The Kier molecular flexibility index (Phi) is 2.84. The standard InChI is InChI=1S/C11H21NO2S/c1-3-12-6-4-11(5-7-12)8-10(9-11)15(2,13)14/h10H,3-9H2,1-2H3. The van der Waals surface area contributed by atoms with Crippen LogP contribution < -0.4 is 0 Å². The lowest BCUT2D eigenvalue weighted by Gasteiger charge is -2.51. The van der Waals surface area contributed by atoms with Crippen LogP contribution in [-0.4, -0.2) is 44.5 Å². The van der Waals surface area contributed by atoms with Gasteiger partial charge in [-0.25, -0.2) is 8.42 Å². The first-order valence-electron chi connectivity index (χ1n) is 5.86. The number of piperidine rings is 1. The van der Waals surface area contributed by atoms with Gasteiger partial charge in [-0.2, -0.15) is 0 Å². The second-order valence-electron chi connectivity index (χ2n) is 5.29. The summed E-state index contributed by atoms with van der Waals surface area (Å²) in [6, 6.07) is 0. The molecule has 1 saturated carbocycles. The Hall–Kier alpha value is -0.0900. The molecule has 0 aromatic rings. The van der Waals surface area contributed by atoms with Crippen molar-refractivity contribution in [2.45, 2.75) is 37.9 Å². The third-order valence-electron chi connectivity index (χ3n) is 4.29. The lowest BCUT2D eigenvalue weighted by atomic mass is 9.63. The summed E-state index contributed by atoms with van der Waals surface area (Å²) >= 11 is 0. The van der Waals surface area contributed by atoms with Crippen LogP contribution in [0.5, 0.6) is 0 Å². The number of hydrogen-bond donors (Lipinski definition) is 0. The van der Waals surface area contributed by atoms with Crippen molar-refractivity contribution in [3.8, 4) is 0 Å². The van der Waals surface area contributed by atoms with Crippen molar-refractivity contribution in [1.82, 2.24) is 4.90 Å². The number of likely N-dealkylation sites (tertiary alicyclic amines) is 1. The molecule has 15 heavy (non-hydrogen) atoms. The summed E-state index contributed by atoms with van der Waals surface area (Å²) in [6.07, 6.45) is 5.62. The van der Waals surface area contributed by atoms with Gasteiger partial charge in [0.2, 0.25) is 0 Å². The monoisotopic (exact) mass is 231 g/mol. The molecule has 1 aliphatic carbocycles. The first kappa shape index (κ1) is 11.4. The van der Waals surface area contributed by atoms with E-state index in [4.69, 9.17) is 0 Å². The number of rotatable bonds is 2. The zero-order valence-electron chi connectivity index (χ0n) is 9.70. The third kappa shape index (κ3) is 2.21. The third-order valence-corrected chi connectivity index (χ3v) is 5.84. The van der Waals surface area contributed by atoms with Crippen LogP contribution in [-0.2, 0) is 9.84 Å². The fraction of sp³-hybridized carbons (Fsp3) is 1.00. The number of sulfone groups is 1. The average Bonchev–Trinajstić information content (AvgIpc) is 2.13. The highest BCUT2D eigenvalue weighted by molar-refractivity contribution is 7.91. The summed E-state index contributed by atoms with van der Waals surface area (Å²) < 4.78 is 22.7. The molecule has 1 spiro atoms. The predicted octanol–water partition coefficient (Wildman–Crippen LogP) is 1.30. The van der Waals surface area contributed by atoms with Gasteiger partial charge in [0.25, 0.3) is 0 Å². The highest BCUT2D eigenvalue weighted by atomic mass is 32.2. The lowest BCUT2D eigenvalue weighted by Crippen LogP contribution is -2.51. The van der Waals surface area contributed by atoms with Gasteiger partial charge in [-0.15, -0.1) is 0 Å². The second-order valence-corrected chi connectivity index (χ2v) is 7.62. The van der Waals surface area contributed by atoms with Crippen LogP contribution in [0.25, 0.3) is 0 Å². The van der Waals surface area contributed by atoms with E-state index in [2.05, 4.69) is 11.8 Å². The van der Waals surface area contributed by atoms with Crippen molar-refractivity contribution in [3.63, 3.8) is 0 Å². The fourth-order valence-corrected chi connectivity index (χ4v) is 4.27. The molecule has 1 saturated heterocycles. The largest absolute Gasteiger partial charge is 0.304 e. The Labute approximate surface area is 92.8 Å².